The van der Waals surface area contributed by atoms with E-state index in [2.05, 4.69) is 11.5 Å². The van der Waals surface area contributed by atoms with Crippen LogP contribution in [0.3, 0.4) is 0 Å². The summed E-state index contributed by atoms with van der Waals surface area (Å²) in [5.41, 5.74) is 1.66. The van der Waals surface area contributed by atoms with Crippen LogP contribution in [-0.4, -0.2) is 30.7 Å². The molecule has 0 unspecified atom stereocenters. The number of likely N-dealkylation sites (tertiary alicyclic amines) is 1. The highest BCUT2D eigenvalue weighted by atomic mass is 35.5. The molecule has 0 aromatic rings. The van der Waals surface area contributed by atoms with E-state index in [1.807, 2.05) is 26.0 Å². The van der Waals surface area contributed by atoms with Crippen LogP contribution in [0.5, 0.6) is 0 Å². The highest BCUT2D eigenvalue weighted by molar-refractivity contribution is 6.31. The van der Waals surface area contributed by atoms with Crippen LogP contribution in [0, 0.1) is 10.8 Å². The smallest absolute Gasteiger partial charge is 0.0367 e. The molecule has 2 fully saturated rings. The van der Waals surface area contributed by atoms with Gasteiger partial charge in [-0.25, -0.2) is 0 Å². The van der Waals surface area contributed by atoms with Gasteiger partial charge in [0.05, 0.1) is 0 Å². The maximum absolute atomic E-state index is 7.40. The van der Waals surface area contributed by atoms with Crippen molar-refractivity contribution in [1.82, 2.24) is 4.90 Å². The van der Waals surface area contributed by atoms with Crippen molar-refractivity contribution in [2.45, 2.75) is 33.1 Å². The molecular weight excluding hydrogens is 256 g/mol. The summed E-state index contributed by atoms with van der Waals surface area (Å²) in [6.45, 7) is 10.4. The monoisotopic (exact) mass is 280 g/mol. The van der Waals surface area contributed by atoms with Crippen LogP contribution in [-0.2, 0) is 0 Å². The first-order valence-corrected chi connectivity index (χ1v) is 7.29. The van der Waals surface area contributed by atoms with Gasteiger partial charge < -0.3 is 5.41 Å². The lowest BCUT2D eigenvalue weighted by atomic mass is 10.1. The number of rotatable bonds is 4. The Labute approximate surface area is 122 Å². The van der Waals surface area contributed by atoms with E-state index in [0.29, 0.717) is 5.41 Å². The minimum Gasteiger partial charge on any atom is -0.308 e. The average Bonchev–Trinajstić information content (AvgIpc) is 3.03. The largest absolute Gasteiger partial charge is 0.308 e. The molecule has 1 aliphatic heterocycles. The fourth-order valence-electron chi connectivity index (χ4n) is 2.40. The Kier molecular flexibility index (Phi) is 6.53. The summed E-state index contributed by atoms with van der Waals surface area (Å²) in [6, 6.07) is 0. The minimum atomic E-state index is 0.664. The van der Waals surface area contributed by atoms with E-state index in [0.717, 1.165) is 17.2 Å². The Morgan fingerprint density at radius 2 is 2.00 bits per heavy atom. The molecular formula is C16H25ClN2. The van der Waals surface area contributed by atoms with Crippen molar-refractivity contribution in [3.63, 3.8) is 0 Å². The molecule has 1 N–H and O–H groups in total. The topological polar surface area (TPSA) is 27.1 Å². The number of hydrogen-bond donors (Lipinski definition) is 1. The number of halogens is 1. The van der Waals surface area contributed by atoms with Crippen molar-refractivity contribution in [2.24, 2.45) is 5.41 Å². The average molecular weight is 281 g/mol. The molecule has 106 valence electrons. The fraction of sp³-hybridized carbons (Fsp3) is 0.562. The Hall–Kier alpha value is -0.860. The van der Waals surface area contributed by atoms with Gasteiger partial charge in [0.15, 0.2) is 0 Å². The zero-order valence-corrected chi connectivity index (χ0v) is 12.8. The molecule has 2 rings (SSSR count). The lowest BCUT2D eigenvalue weighted by Crippen LogP contribution is -2.24. The molecule has 0 bridgehead atoms. The van der Waals surface area contributed by atoms with Gasteiger partial charge in [-0.1, -0.05) is 23.8 Å². The van der Waals surface area contributed by atoms with E-state index < -0.39 is 0 Å². The molecule has 0 aromatic carbocycles. The van der Waals surface area contributed by atoms with Gasteiger partial charge in [-0.2, -0.15) is 0 Å². The molecule has 1 aliphatic carbocycles. The highest BCUT2D eigenvalue weighted by Gasteiger charge is 2.47. The van der Waals surface area contributed by atoms with E-state index in [-0.39, 0.29) is 0 Å². The molecule has 2 aliphatic rings. The second-order valence-corrected chi connectivity index (χ2v) is 5.84. The van der Waals surface area contributed by atoms with Crippen LogP contribution in [0.2, 0.25) is 0 Å². The van der Waals surface area contributed by atoms with Crippen molar-refractivity contribution in [3.8, 4) is 0 Å². The highest BCUT2D eigenvalue weighted by Crippen LogP contribution is 2.52. The molecule has 0 aromatic heterocycles. The lowest BCUT2D eigenvalue weighted by molar-refractivity contribution is 0.350. The normalized spacial score (nSPS) is 21.8. The third kappa shape index (κ3) is 5.33. The second kappa shape index (κ2) is 7.66. The Morgan fingerprint density at radius 3 is 2.42 bits per heavy atom. The quantitative estimate of drug-likeness (QED) is 0.462. The van der Waals surface area contributed by atoms with Crippen molar-refractivity contribution in [1.29, 1.82) is 5.41 Å². The summed E-state index contributed by atoms with van der Waals surface area (Å²) in [4.78, 5) is 2.45. The zero-order chi connectivity index (χ0) is 14.3. The SMILES string of the molecule is C/C=C(Cl)/C=C(\C=N)CN1CCC2(CC2)C1.C=CC. The standard InChI is InChI=1S/C13H19ClN2.C3H6/c1-2-12(14)7-11(8-15)9-16-6-5-13(10-16)3-4-13;1-3-2/h2,7-8,15H,3-6,9-10H2,1H3;3H,1H2,2H3/b11-7+,12-2-,15-8?;. The second-order valence-electron chi connectivity index (χ2n) is 5.41. The third-order valence-electron chi connectivity index (χ3n) is 3.67. The first-order chi connectivity index (χ1) is 9.09. The zero-order valence-electron chi connectivity index (χ0n) is 12.1. The summed E-state index contributed by atoms with van der Waals surface area (Å²) < 4.78 is 0. The van der Waals surface area contributed by atoms with Gasteiger partial charge in [0.2, 0.25) is 0 Å². The predicted molar refractivity (Wildman–Crippen MR) is 85.1 cm³/mol. The van der Waals surface area contributed by atoms with Gasteiger partial charge in [-0.05, 0) is 56.7 Å². The summed E-state index contributed by atoms with van der Waals surface area (Å²) in [5, 5.41) is 8.12. The van der Waals surface area contributed by atoms with Crippen molar-refractivity contribution in [3.05, 3.63) is 35.4 Å². The third-order valence-corrected chi connectivity index (χ3v) is 3.99. The molecule has 1 saturated carbocycles. The van der Waals surface area contributed by atoms with Gasteiger partial charge in [-0.15, -0.1) is 6.58 Å². The summed E-state index contributed by atoms with van der Waals surface area (Å²) in [7, 11) is 0. The Balaban J connectivity index is 0.000000550. The first kappa shape index (κ1) is 16.2. The lowest BCUT2D eigenvalue weighted by Gasteiger charge is -2.15. The van der Waals surface area contributed by atoms with E-state index >= 15 is 0 Å². The Bertz CT molecular complexity index is 378. The molecule has 0 amide bonds. The van der Waals surface area contributed by atoms with Crippen LogP contribution in [0.1, 0.15) is 33.1 Å². The van der Waals surface area contributed by atoms with Crippen LogP contribution in [0.4, 0.5) is 0 Å². The van der Waals surface area contributed by atoms with E-state index in [1.54, 1.807) is 6.08 Å². The Morgan fingerprint density at radius 1 is 1.37 bits per heavy atom. The van der Waals surface area contributed by atoms with Gasteiger partial charge in [0.1, 0.15) is 0 Å². The fourth-order valence-corrected chi connectivity index (χ4v) is 2.54. The molecule has 1 heterocycles. The summed E-state index contributed by atoms with van der Waals surface area (Å²) >= 11 is 5.96. The maximum Gasteiger partial charge on any atom is 0.0367 e. The van der Waals surface area contributed by atoms with Crippen molar-refractivity contribution < 1.29 is 0 Å². The summed E-state index contributed by atoms with van der Waals surface area (Å²) in [6.07, 6.45) is 11.1. The minimum absolute atomic E-state index is 0.664. The maximum atomic E-state index is 7.40. The molecule has 19 heavy (non-hydrogen) atoms. The van der Waals surface area contributed by atoms with Gasteiger partial charge in [-0.3, -0.25) is 4.90 Å². The van der Waals surface area contributed by atoms with E-state index in [9.17, 15) is 0 Å². The molecule has 1 saturated heterocycles. The first-order valence-electron chi connectivity index (χ1n) is 6.91. The predicted octanol–water partition coefficient (Wildman–Crippen LogP) is 4.38. The molecule has 0 atom stereocenters. The van der Waals surface area contributed by atoms with Crippen LogP contribution >= 0.6 is 11.6 Å². The molecule has 3 heteroatoms. The van der Waals surface area contributed by atoms with Gasteiger partial charge in [0, 0.05) is 24.3 Å². The number of allylic oxidation sites excluding steroid dienone is 4. The summed E-state index contributed by atoms with van der Waals surface area (Å²) in [5.74, 6) is 0. The van der Waals surface area contributed by atoms with Gasteiger partial charge in [0.25, 0.3) is 0 Å². The molecule has 2 nitrogen and oxygen atoms in total. The van der Waals surface area contributed by atoms with E-state index in [1.165, 1.54) is 38.6 Å². The molecule has 1 spiro atoms. The van der Waals surface area contributed by atoms with Crippen molar-refractivity contribution >= 4 is 17.8 Å². The number of nitrogens with one attached hydrogen (secondary N) is 1. The number of nitrogens with zero attached hydrogens (tertiary/aromatic N) is 1. The van der Waals surface area contributed by atoms with Crippen LogP contribution in [0.15, 0.2) is 35.4 Å². The molecule has 0 radical (unpaired) electrons. The van der Waals surface area contributed by atoms with Crippen LogP contribution in [0.25, 0.3) is 0 Å². The van der Waals surface area contributed by atoms with Gasteiger partial charge >= 0.3 is 0 Å². The van der Waals surface area contributed by atoms with Crippen LogP contribution < -0.4 is 0 Å². The van der Waals surface area contributed by atoms with E-state index in [4.69, 9.17) is 17.0 Å². The number of hydrogen-bond acceptors (Lipinski definition) is 2. The van der Waals surface area contributed by atoms with Crippen molar-refractivity contribution in [2.75, 3.05) is 19.6 Å².